The standard InChI is InChI=1S/C18H23N3O4/c1-2-16-19-15(20-25-16)12-21-9-8-18(17(23)24,14(22)11-21)10-13-6-4-3-5-7-13/h3-7,14,22H,2,8-12H2,1H3,(H,23,24)/t14-,18+/m0/s1. The van der Waals surface area contributed by atoms with Crippen molar-refractivity contribution in [2.45, 2.75) is 38.8 Å². The maximum atomic E-state index is 12.0. The van der Waals surface area contributed by atoms with Crippen molar-refractivity contribution in [1.82, 2.24) is 15.0 Å². The van der Waals surface area contributed by atoms with Crippen LogP contribution in [-0.4, -0.2) is 50.4 Å². The molecule has 2 atom stereocenters. The van der Waals surface area contributed by atoms with Crippen molar-refractivity contribution in [2.75, 3.05) is 13.1 Å². The van der Waals surface area contributed by atoms with Crippen molar-refractivity contribution < 1.29 is 19.5 Å². The average molecular weight is 345 g/mol. The molecule has 0 bridgehead atoms. The molecule has 0 saturated carbocycles. The summed E-state index contributed by atoms with van der Waals surface area (Å²) in [7, 11) is 0. The van der Waals surface area contributed by atoms with Crippen LogP contribution in [0.4, 0.5) is 0 Å². The lowest BCUT2D eigenvalue weighted by Crippen LogP contribution is -2.55. The molecule has 3 rings (SSSR count). The van der Waals surface area contributed by atoms with Gasteiger partial charge in [0.1, 0.15) is 5.41 Å². The molecule has 1 fully saturated rings. The third kappa shape index (κ3) is 3.72. The van der Waals surface area contributed by atoms with Crippen LogP contribution in [0.5, 0.6) is 0 Å². The number of aromatic nitrogens is 2. The van der Waals surface area contributed by atoms with Gasteiger partial charge in [0.2, 0.25) is 5.89 Å². The lowest BCUT2D eigenvalue weighted by molar-refractivity contribution is -0.163. The molecule has 0 amide bonds. The van der Waals surface area contributed by atoms with Crippen molar-refractivity contribution in [3.63, 3.8) is 0 Å². The highest BCUT2D eigenvalue weighted by molar-refractivity contribution is 5.76. The van der Waals surface area contributed by atoms with Crippen LogP contribution in [0.25, 0.3) is 0 Å². The number of hydrogen-bond donors (Lipinski definition) is 2. The Morgan fingerprint density at radius 1 is 1.40 bits per heavy atom. The minimum atomic E-state index is -1.16. The number of carbonyl (C=O) groups is 1. The van der Waals surface area contributed by atoms with E-state index in [1.165, 1.54) is 0 Å². The van der Waals surface area contributed by atoms with Crippen LogP contribution in [0.15, 0.2) is 34.9 Å². The Morgan fingerprint density at radius 3 is 2.76 bits per heavy atom. The van der Waals surface area contributed by atoms with Crippen LogP contribution in [0, 0.1) is 5.41 Å². The Labute approximate surface area is 146 Å². The molecule has 2 N–H and O–H groups in total. The summed E-state index contributed by atoms with van der Waals surface area (Å²) in [5.41, 5.74) is -0.243. The number of carboxylic acid groups (broad SMARTS) is 1. The summed E-state index contributed by atoms with van der Waals surface area (Å²) >= 11 is 0. The molecule has 0 aliphatic carbocycles. The third-order valence-electron chi connectivity index (χ3n) is 4.91. The van der Waals surface area contributed by atoms with Gasteiger partial charge in [-0.3, -0.25) is 9.69 Å². The maximum absolute atomic E-state index is 12.0. The summed E-state index contributed by atoms with van der Waals surface area (Å²) in [5, 5.41) is 24.4. The molecule has 7 heteroatoms. The molecule has 0 radical (unpaired) electrons. The fourth-order valence-corrected chi connectivity index (χ4v) is 3.37. The van der Waals surface area contributed by atoms with E-state index in [4.69, 9.17) is 4.52 Å². The number of likely N-dealkylation sites (tertiary alicyclic amines) is 1. The first-order chi connectivity index (χ1) is 12.0. The normalized spacial score (nSPS) is 24.3. The lowest BCUT2D eigenvalue weighted by Gasteiger charge is -2.42. The quantitative estimate of drug-likeness (QED) is 0.818. The van der Waals surface area contributed by atoms with E-state index in [0.717, 1.165) is 5.56 Å². The predicted molar refractivity (Wildman–Crippen MR) is 89.8 cm³/mol. The van der Waals surface area contributed by atoms with Gasteiger partial charge in [0.05, 0.1) is 12.6 Å². The van der Waals surface area contributed by atoms with Gasteiger partial charge in [-0.15, -0.1) is 0 Å². The third-order valence-corrected chi connectivity index (χ3v) is 4.91. The van der Waals surface area contributed by atoms with E-state index >= 15 is 0 Å². The summed E-state index contributed by atoms with van der Waals surface area (Å²) in [4.78, 5) is 18.2. The molecule has 2 heterocycles. The molecule has 0 unspecified atom stereocenters. The van der Waals surface area contributed by atoms with E-state index < -0.39 is 17.5 Å². The zero-order valence-corrected chi connectivity index (χ0v) is 14.3. The van der Waals surface area contributed by atoms with Gasteiger partial charge < -0.3 is 14.7 Å². The number of carboxylic acids is 1. The zero-order valence-electron chi connectivity index (χ0n) is 14.3. The Kier molecular flexibility index (Phi) is 5.15. The van der Waals surface area contributed by atoms with Gasteiger partial charge in [-0.2, -0.15) is 4.98 Å². The molecule has 2 aromatic rings. The molecule has 1 aliphatic rings. The van der Waals surface area contributed by atoms with Crippen LogP contribution >= 0.6 is 0 Å². The topological polar surface area (TPSA) is 99.7 Å². The molecule has 1 aromatic carbocycles. The summed E-state index contributed by atoms with van der Waals surface area (Å²) in [6, 6.07) is 9.46. The van der Waals surface area contributed by atoms with Gasteiger partial charge in [-0.25, -0.2) is 0 Å². The summed E-state index contributed by atoms with van der Waals surface area (Å²) in [6.45, 7) is 3.22. The minimum Gasteiger partial charge on any atom is -0.481 e. The molecule has 25 heavy (non-hydrogen) atoms. The highest BCUT2D eigenvalue weighted by Gasteiger charge is 2.48. The Bertz CT molecular complexity index is 718. The number of aliphatic hydroxyl groups excluding tert-OH is 1. The number of aliphatic hydroxyl groups is 1. The van der Waals surface area contributed by atoms with Crippen LogP contribution in [-0.2, 0) is 24.2 Å². The second kappa shape index (κ2) is 7.33. The second-order valence-electron chi connectivity index (χ2n) is 6.58. The molecular weight excluding hydrogens is 322 g/mol. The number of β-amino-alcohol motifs (C(OH)–C–C–N with tert-alkyl or cyclic N) is 1. The Morgan fingerprint density at radius 2 is 2.16 bits per heavy atom. The fraction of sp³-hybridized carbons (Fsp3) is 0.500. The number of rotatable bonds is 6. The highest BCUT2D eigenvalue weighted by atomic mass is 16.5. The summed E-state index contributed by atoms with van der Waals surface area (Å²) < 4.78 is 5.10. The first kappa shape index (κ1) is 17.6. The SMILES string of the molecule is CCc1nc(CN2CC[C@](Cc3ccccc3)(C(=O)O)[C@@H](O)C2)no1. The second-order valence-corrected chi connectivity index (χ2v) is 6.58. The lowest BCUT2D eigenvalue weighted by atomic mass is 9.71. The van der Waals surface area contributed by atoms with E-state index in [-0.39, 0.29) is 6.54 Å². The van der Waals surface area contributed by atoms with Crippen molar-refractivity contribution in [3.05, 3.63) is 47.6 Å². The fourth-order valence-electron chi connectivity index (χ4n) is 3.37. The number of benzene rings is 1. The zero-order chi connectivity index (χ0) is 17.9. The Balaban J connectivity index is 1.70. The maximum Gasteiger partial charge on any atom is 0.312 e. The van der Waals surface area contributed by atoms with Crippen molar-refractivity contribution in [3.8, 4) is 0 Å². The molecule has 1 saturated heterocycles. The molecular formula is C18H23N3O4. The minimum absolute atomic E-state index is 0.273. The predicted octanol–water partition coefficient (Wildman–Crippen LogP) is 1.51. The summed E-state index contributed by atoms with van der Waals surface area (Å²) in [5.74, 6) is 0.197. The van der Waals surface area contributed by atoms with E-state index in [0.29, 0.717) is 44.1 Å². The largest absolute Gasteiger partial charge is 0.481 e. The average Bonchev–Trinajstić information content (AvgIpc) is 3.06. The number of hydrogen-bond acceptors (Lipinski definition) is 6. The molecule has 1 aliphatic heterocycles. The monoisotopic (exact) mass is 345 g/mol. The van der Waals surface area contributed by atoms with Crippen LogP contribution < -0.4 is 0 Å². The molecule has 7 nitrogen and oxygen atoms in total. The van der Waals surface area contributed by atoms with Gasteiger partial charge in [-0.05, 0) is 24.9 Å². The van der Waals surface area contributed by atoms with Crippen LogP contribution in [0.1, 0.15) is 30.6 Å². The number of aryl methyl sites for hydroxylation is 1. The van der Waals surface area contributed by atoms with E-state index in [1.807, 2.05) is 42.2 Å². The summed E-state index contributed by atoms with van der Waals surface area (Å²) in [6.07, 6.45) is 0.406. The highest BCUT2D eigenvalue weighted by Crippen LogP contribution is 2.36. The first-order valence-corrected chi connectivity index (χ1v) is 8.52. The van der Waals surface area contributed by atoms with Gasteiger partial charge in [0.25, 0.3) is 0 Å². The smallest absolute Gasteiger partial charge is 0.312 e. The molecule has 134 valence electrons. The van der Waals surface area contributed by atoms with Gasteiger partial charge in [0, 0.05) is 13.0 Å². The number of piperidine rings is 1. The van der Waals surface area contributed by atoms with Crippen LogP contribution in [0.3, 0.4) is 0 Å². The Hall–Kier alpha value is -2.25. The van der Waals surface area contributed by atoms with Gasteiger partial charge in [-0.1, -0.05) is 42.4 Å². The van der Waals surface area contributed by atoms with E-state index in [1.54, 1.807) is 0 Å². The molecule has 1 aromatic heterocycles. The van der Waals surface area contributed by atoms with Crippen molar-refractivity contribution in [1.29, 1.82) is 0 Å². The number of aliphatic carboxylic acids is 1. The van der Waals surface area contributed by atoms with Crippen molar-refractivity contribution >= 4 is 5.97 Å². The van der Waals surface area contributed by atoms with Gasteiger partial charge in [0.15, 0.2) is 5.82 Å². The molecule has 0 spiro atoms. The van der Waals surface area contributed by atoms with Crippen LogP contribution in [0.2, 0.25) is 0 Å². The van der Waals surface area contributed by atoms with Crippen molar-refractivity contribution in [2.24, 2.45) is 5.41 Å². The van der Waals surface area contributed by atoms with E-state index in [9.17, 15) is 15.0 Å². The number of nitrogens with zero attached hydrogens (tertiary/aromatic N) is 3. The van der Waals surface area contributed by atoms with Gasteiger partial charge >= 0.3 is 5.97 Å². The first-order valence-electron chi connectivity index (χ1n) is 8.52. The van der Waals surface area contributed by atoms with E-state index in [2.05, 4.69) is 10.1 Å².